The van der Waals surface area contributed by atoms with E-state index in [1.165, 1.54) is 24.8 Å². The molecule has 0 amide bonds. The minimum Gasteiger partial charge on any atom is -0.0804 e. The zero-order valence-electron chi connectivity index (χ0n) is 10.6. The van der Waals surface area contributed by atoms with Crippen LogP contribution in [-0.2, 0) is 5.41 Å². The van der Waals surface area contributed by atoms with Crippen LogP contribution in [0.2, 0.25) is 0 Å². The van der Waals surface area contributed by atoms with Crippen LogP contribution in [0.25, 0.3) is 6.08 Å². The van der Waals surface area contributed by atoms with Gasteiger partial charge in [-0.1, -0.05) is 66.6 Å². The molecule has 0 saturated heterocycles. The highest BCUT2D eigenvalue weighted by molar-refractivity contribution is 5.69. The molecule has 3 aliphatic rings. The third-order valence-electron chi connectivity index (χ3n) is 4.98. The van der Waals surface area contributed by atoms with Gasteiger partial charge in [0.2, 0.25) is 0 Å². The van der Waals surface area contributed by atoms with E-state index in [9.17, 15) is 0 Å². The van der Waals surface area contributed by atoms with Crippen molar-refractivity contribution in [2.75, 3.05) is 0 Å². The second-order valence-electron chi connectivity index (χ2n) is 5.74. The fourth-order valence-corrected chi connectivity index (χ4v) is 3.85. The Kier molecular flexibility index (Phi) is 2.14. The summed E-state index contributed by atoms with van der Waals surface area (Å²) in [6, 6.07) is 8.95. The Morgan fingerprint density at radius 2 is 2.00 bits per heavy atom. The van der Waals surface area contributed by atoms with Crippen LogP contribution >= 0.6 is 0 Å². The molecule has 0 nitrogen and oxygen atoms in total. The number of hydrogen-bond acceptors (Lipinski definition) is 0. The number of benzene rings is 1. The third-order valence-corrected chi connectivity index (χ3v) is 4.98. The van der Waals surface area contributed by atoms with Gasteiger partial charge in [-0.25, -0.2) is 0 Å². The smallest absolute Gasteiger partial charge is 0.0384 e. The van der Waals surface area contributed by atoms with Crippen molar-refractivity contribution < 1.29 is 0 Å². The minimum absolute atomic E-state index is 0.221. The van der Waals surface area contributed by atoms with E-state index in [0.717, 1.165) is 12.3 Å². The molecule has 1 unspecified atom stereocenters. The lowest BCUT2D eigenvalue weighted by molar-refractivity contribution is 0.231. The number of hydrogen-bond donors (Lipinski definition) is 0. The normalized spacial score (nSPS) is 29.2. The van der Waals surface area contributed by atoms with E-state index >= 15 is 0 Å². The van der Waals surface area contributed by atoms with E-state index in [1.807, 2.05) is 0 Å². The third kappa shape index (κ3) is 1.21. The summed E-state index contributed by atoms with van der Waals surface area (Å²) < 4.78 is 0. The van der Waals surface area contributed by atoms with Crippen LogP contribution < -0.4 is 0 Å². The molecule has 1 aromatic carbocycles. The first-order chi connectivity index (χ1) is 8.91. The Morgan fingerprint density at radius 3 is 2.72 bits per heavy atom. The highest BCUT2D eigenvalue weighted by Gasteiger charge is 2.46. The van der Waals surface area contributed by atoms with Gasteiger partial charge in [-0.2, -0.15) is 0 Å². The van der Waals surface area contributed by atoms with Crippen LogP contribution in [0.4, 0.5) is 0 Å². The van der Waals surface area contributed by atoms with Crippen LogP contribution in [0.1, 0.15) is 36.8 Å². The first kappa shape index (κ1) is 10.4. The summed E-state index contributed by atoms with van der Waals surface area (Å²) in [5.74, 6) is 0.823. The van der Waals surface area contributed by atoms with Crippen molar-refractivity contribution in [2.45, 2.75) is 31.1 Å². The van der Waals surface area contributed by atoms with Crippen LogP contribution in [0, 0.1) is 5.92 Å². The van der Waals surface area contributed by atoms with Gasteiger partial charge in [0.1, 0.15) is 0 Å². The highest BCUT2D eigenvalue weighted by atomic mass is 14.5. The summed E-state index contributed by atoms with van der Waals surface area (Å²) in [4.78, 5) is 0. The largest absolute Gasteiger partial charge is 0.0804 e. The van der Waals surface area contributed by atoms with Gasteiger partial charge in [-0.3, -0.25) is 0 Å². The van der Waals surface area contributed by atoms with Gasteiger partial charge in [0, 0.05) is 5.41 Å². The van der Waals surface area contributed by atoms with Crippen LogP contribution in [0.15, 0.2) is 54.1 Å². The molecule has 0 heteroatoms. The Balaban J connectivity index is 1.89. The van der Waals surface area contributed by atoms with Gasteiger partial charge in [0.05, 0.1) is 0 Å². The molecule has 0 aromatic heterocycles. The Labute approximate surface area is 109 Å². The molecule has 18 heavy (non-hydrogen) atoms. The van der Waals surface area contributed by atoms with E-state index in [1.54, 1.807) is 11.1 Å². The van der Waals surface area contributed by atoms with Gasteiger partial charge in [-0.15, -0.1) is 0 Å². The molecule has 0 bridgehead atoms. The lowest BCUT2D eigenvalue weighted by Gasteiger charge is -2.44. The van der Waals surface area contributed by atoms with Crippen molar-refractivity contribution in [2.24, 2.45) is 5.92 Å². The topological polar surface area (TPSA) is 0 Å². The quantitative estimate of drug-likeness (QED) is 0.699. The van der Waals surface area contributed by atoms with Gasteiger partial charge >= 0.3 is 0 Å². The molecular weight excluding hydrogens is 216 g/mol. The average Bonchev–Trinajstić information content (AvgIpc) is 2.95. The second-order valence-corrected chi connectivity index (χ2v) is 5.74. The second kappa shape index (κ2) is 3.71. The number of rotatable bonds is 2. The van der Waals surface area contributed by atoms with Crippen molar-refractivity contribution in [3.63, 3.8) is 0 Å². The number of allylic oxidation sites excluding steroid dienone is 5. The Morgan fingerprint density at radius 1 is 1.11 bits per heavy atom. The predicted octanol–water partition coefficient (Wildman–Crippen LogP) is 4.64. The number of fused-ring (bicyclic) bond motifs is 1. The molecule has 0 aliphatic heterocycles. The molecule has 3 aliphatic carbocycles. The Bertz CT molecular complexity index is 569. The van der Waals surface area contributed by atoms with Crippen molar-refractivity contribution in [1.29, 1.82) is 0 Å². The highest BCUT2D eigenvalue weighted by Crippen LogP contribution is 2.55. The molecule has 0 N–H and O–H groups in total. The summed E-state index contributed by atoms with van der Waals surface area (Å²) in [6.45, 7) is 0. The molecule has 1 atom stereocenters. The molecule has 0 heterocycles. The molecule has 0 radical (unpaired) electrons. The minimum atomic E-state index is 0.221. The SMILES string of the molecule is C1=CCC(C2(C3CCC3)C=Cc3ccccc32)=C1. The van der Waals surface area contributed by atoms with E-state index < -0.39 is 0 Å². The fraction of sp³-hybridized carbons (Fsp3) is 0.333. The van der Waals surface area contributed by atoms with Gasteiger partial charge in [0.25, 0.3) is 0 Å². The molecule has 90 valence electrons. The monoisotopic (exact) mass is 234 g/mol. The van der Waals surface area contributed by atoms with Crippen LogP contribution in [-0.4, -0.2) is 0 Å². The fourth-order valence-electron chi connectivity index (χ4n) is 3.85. The predicted molar refractivity (Wildman–Crippen MR) is 76.3 cm³/mol. The maximum absolute atomic E-state index is 2.49. The molecule has 4 rings (SSSR count). The average molecular weight is 234 g/mol. The standard InChI is InChI=1S/C18H18/c1-4-11-17-14(6-1)12-13-18(17,16-9-5-10-16)15-7-2-3-8-15/h1-4,6-7,11-13,16H,5,8-10H2. The van der Waals surface area contributed by atoms with E-state index in [2.05, 4.69) is 54.6 Å². The summed E-state index contributed by atoms with van der Waals surface area (Å²) in [7, 11) is 0. The molecule has 1 fully saturated rings. The van der Waals surface area contributed by atoms with Crippen molar-refractivity contribution >= 4 is 6.08 Å². The first-order valence-electron chi connectivity index (χ1n) is 7.06. The molecular formula is C18H18. The lowest BCUT2D eigenvalue weighted by Crippen LogP contribution is -2.38. The maximum Gasteiger partial charge on any atom is 0.0384 e. The van der Waals surface area contributed by atoms with E-state index in [0.29, 0.717) is 0 Å². The summed E-state index contributed by atoms with van der Waals surface area (Å²) in [5.41, 5.74) is 4.80. The van der Waals surface area contributed by atoms with E-state index in [-0.39, 0.29) is 5.41 Å². The zero-order valence-corrected chi connectivity index (χ0v) is 10.6. The molecule has 1 saturated carbocycles. The van der Waals surface area contributed by atoms with Crippen molar-refractivity contribution in [3.8, 4) is 0 Å². The summed E-state index contributed by atoms with van der Waals surface area (Å²) in [6.07, 6.45) is 17.0. The van der Waals surface area contributed by atoms with Gasteiger partial charge in [0.15, 0.2) is 0 Å². The molecule has 0 spiro atoms. The zero-order chi connectivity index (χ0) is 12.0. The van der Waals surface area contributed by atoms with Crippen molar-refractivity contribution in [1.82, 2.24) is 0 Å². The van der Waals surface area contributed by atoms with Gasteiger partial charge in [-0.05, 0) is 36.3 Å². The lowest BCUT2D eigenvalue weighted by atomic mass is 9.59. The Hall–Kier alpha value is -1.56. The van der Waals surface area contributed by atoms with Gasteiger partial charge < -0.3 is 0 Å². The van der Waals surface area contributed by atoms with E-state index in [4.69, 9.17) is 0 Å². The summed E-state index contributed by atoms with van der Waals surface area (Å²) >= 11 is 0. The van der Waals surface area contributed by atoms with Crippen LogP contribution in [0.3, 0.4) is 0 Å². The van der Waals surface area contributed by atoms with Crippen LogP contribution in [0.5, 0.6) is 0 Å². The summed E-state index contributed by atoms with van der Waals surface area (Å²) in [5, 5.41) is 0. The maximum atomic E-state index is 2.49. The molecule has 1 aromatic rings. The van der Waals surface area contributed by atoms with Crippen molar-refractivity contribution in [3.05, 3.63) is 65.3 Å². The first-order valence-corrected chi connectivity index (χ1v) is 7.06.